The second-order valence-electron chi connectivity index (χ2n) is 6.77. The van der Waals surface area contributed by atoms with E-state index in [0.717, 1.165) is 30.6 Å². The standard InChI is InChI=1S/C17H25NO/c1-12-9-14(17(2,3)4)5-6-15(12)16(19)10-13-7-8-18-11-13/h5-6,9,13,18H,7-8,10-11H2,1-4H3. The molecule has 2 heteroatoms. The molecule has 0 radical (unpaired) electrons. The van der Waals surface area contributed by atoms with Gasteiger partial charge in [-0.2, -0.15) is 0 Å². The van der Waals surface area contributed by atoms with Gasteiger partial charge in [0.25, 0.3) is 0 Å². The molecular formula is C17H25NO. The second-order valence-corrected chi connectivity index (χ2v) is 6.77. The Balaban J connectivity index is 2.14. The topological polar surface area (TPSA) is 29.1 Å². The Morgan fingerprint density at radius 2 is 2.11 bits per heavy atom. The van der Waals surface area contributed by atoms with Crippen molar-refractivity contribution >= 4 is 5.78 Å². The summed E-state index contributed by atoms with van der Waals surface area (Å²) in [6.45, 7) is 10.7. The summed E-state index contributed by atoms with van der Waals surface area (Å²) in [7, 11) is 0. The Kier molecular flexibility index (Phi) is 4.10. The Bertz CT molecular complexity index is 465. The molecule has 1 fully saturated rings. The van der Waals surface area contributed by atoms with Gasteiger partial charge in [0, 0.05) is 12.0 Å². The molecule has 1 unspecified atom stereocenters. The molecule has 0 aromatic heterocycles. The zero-order valence-corrected chi connectivity index (χ0v) is 12.5. The number of nitrogens with one attached hydrogen (secondary N) is 1. The van der Waals surface area contributed by atoms with Gasteiger partial charge in [-0.25, -0.2) is 0 Å². The number of carbonyl (C=O) groups excluding carboxylic acids is 1. The highest BCUT2D eigenvalue weighted by Gasteiger charge is 2.21. The maximum atomic E-state index is 12.4. The Labute approximate surface area is 116 Å². The summed E-state index contributed by atoms with van der Waals surface area (Å²) in [5, 5.41) is 3.32. The van der Waals surface area contributed by atoms with Gasteiger partial charge in [0.2, 0.25) is 0 Å². The first-order chi connectivity index (χ1) is 8.88. The summed E-state index contributed by atoms with van der Waals surface area (Å²) >= 11 is 0. The van der Waals surface area contributed by atoms with Crippen molar-refractivity contribution in [1.29, 1.82) is 0 Å². The minimum Gasteiger partial charge on any atom is -0.316 e. The fraction of sp³-hybridized carbons (Fsp3) is 0.588. The van der Waals surface area contributed by atoms with Crippen molar-refractivity contribution in [2.45, 2.75) is 46.0 Å². The van der Waals surface area contributed by atoms with Gasteiger partial charge in [0.05, 0.1) is 0 Å². The maximum Gasteiger partial charge on any atom is 0.163 e. The number of hydrogen-bond acceptors (Lipinski definition) is 2. The minimum atomic E-state index is 0.141. The van der Waals surface area contributed by atoms with Crippen LogP contribution in [-0.4, -0.2) is 18.9 Å². The van der Waals surface area contributed by atoms with Gasteiger partial charge in [-0.3, -0.25) is 4.79 Å². The van der Waals surface area contributed by atoms with Crippen LogP contribution in [0.5, 0.6) is 0 Å². The number of carbonyl (C=O) groups is 1. The zero-order valence-electron chi connectivity index (χ0n) is 12.5. The first-order valence-corrected chi connectivity index (χ1v) is 7.23. The predicted molar refractivity (Wildman–Crippen MR) is 79.8 cm³/mol. The SMILES string of the molecule is Cc1cc(C(C)(C)C)ccc1C(=O)CC1CCNC1. The predicted octanol–water partition coefficient (Wildman–Crippen LogP) is 3.47. The van der Waals surface area contributed by atoms with E-state index in [1.807, 2.05) is 6.07 Å². The molecule has 0 aliphatic carbocycles. The third-order valence-corrected chi connectivity index (χ3v) is 4.03. The van der Waals surface area contributed by atoms with Gasteiger partial charge in [-0.05, 0) is 48.9 Å². The summed E-state index contributed by atoms with van der Waals surface area (Å²) in [5.74, 6) is 0.820. The van der Waals surface area contributed by atoms with Crippen LogP contribution < -0.4 is 5.32 Å². The quantitative estimate of drug-likeness (QED) is 0.842. The second kappa shape index (κ2) is 5.46. The van der Waals surface area contributed by atoms with E-state index >= 15 is 0 Å². The lowest BCUT2D eigenvalue weighted by molar-refractivity contribution is 0.0964. The number of benzene rings is 1. The smallest absolute Gasteiger partial charge is 0.163 e. The van der Waals surface area contributed by atoms with Crippen LogP contribution in [-0.2, 0) is 5.41 Å². The van der Waals surface area contributed by atoms with Crippen LogP contribution in [0, 0.1) is 12.8 Å². The highest BCUT2D eigenvalue weighted by atomic mass is 16.1. The summed E-state index contributed by atoms with van der Waals surface area (Å²) in [4.78, 5) is 12.4. The molecule has 1 saturated heterocycles. The van der Waals surface area contributed by atoms with E-state index in [2.05, 4.69) is 45.1 Å². The molecule has 2 nitrogen and oxygen atoms in total. The van der Waals surface area contributed by atoms with E-state index in [9.17, 15) is 4.79 Å². The molecule has 1 aliphatic heterocycles. The van der Waals surface area contributed by atoms with Crippen LogP contribution in [0.25, 0.3) is 0 Å². The fourth-order valence-electron chi connectivity index (χ4n) is 2.70. The number of aryl methyl sites for hydroxylation is 1. The largest absolute Gasteiger partial charge is 0.316 e. The van der Waals surface area contributed by atoms with E-state index in [1.54, 1.807) is 0 Å². The van der Waals surface area contributed by atoms with Crippen LogP contribution >= 0.6 is 0 Å². The Morgan fingerprint density at radius 1 is 1.37 bits per heavy atom. The normalized spacial score (nSPS) is 19.7. The maximum absolute atomic E-state index is 12.4. The summed E-state index contributed by atoms with van der Waals surface area (Å²) in [6.07, 6.45) is 1.81. The van der Waals surface area contributed by atoms with Crippen molar-refractivity contribution in [2.75, 3.05) is 13.1 Å². The molecular weight excluding hydrogens is 234 g/mol. The van der Waals surface area contributed by atoms with E-state index in [4.69, 9.17) is 0 Å². The number of hydrogen-bond donors (Lipinski definition) is 1. The lowest BCUT2D eigenvalue weighted by Crippen LogP contribution is -2.15. The first-order valence-electron chi connectivity index (χ1n) is 7.23. The van der Waals surface area contributed by atoms with Crippen molar-refractivity contribution in [1.82, 2.24) is 5.32 Å². The summed E-state index contributed by atoms with van der Waals surface area (Å²) < 4.78 is 0. The molecule has 0 spiro atoms. The van der Waals surface area contributed by atoms with Gasteiger partial charge in [0.15, 0.2) is 5.78 Å². The molecule has 1 aliphatic rings. The van der Waals surface area contributed by atoms with E-state index in [0.29, 0.717) is 18.1 Å². The average Bonchev–Trinajstić information content (AvgIpc) is 2.80. The van der Waals surface area contributed by atoms with Crippen LogP contribution in [0.15, 0.2) is 18.2 Å². The highest BCUT2D eigenvalue weighted by molar-refractivity contribution is 5.97. The van der Waals surface area contributed by atoms with E-state index < -0.39 is 0 Å². The highest BCUT2D eigenvalue weighted by Crippen LogP contribution is 2.25. The van der Waals surface area contributed by atoms with Crippen molar-refractivity contribution in [3.63, 3.8) is 0 Å². The zero-order chi connectivity index (χ0) is 14.0. The van der Waals surface area contributed by atoms with Gasteiger partial charge in [-0.1, -0.05) is 39.0 Å². The molecule has 1 aromatic carbocycles. The molecule has 0 amide bonds. The molecule has 19 heavy (non-hydrogen) atoms. The van der Waals surface area contributed by atoms with E-state index in [-0.39, 0.29) is 5.41 Å². The molecule has 104 valence electrons. The summed E-state index contributed by atoms with van der Waals surface area (Å²) in [6, 6.07) is 6.29. The molecule has 2 rings (SSSR count). The van der Waals surface area contributed by atoms with Gasteiger partial charge in [0.1, 0.15) is 0 Å². The minimum absolute atomic E-state index is 0.141. The van der Waals surface area contributed by atoms with Crippen LogP contribution in [0.1, 0.15) is 55.1 Å². The Hall–Kier alpha value is -1.15. The van der Waals surface area contributed by atoms with Crippen LogP contribution in [0.2, 0.25) is 0 Å². The molecule has 1 N–H and O–H groups in total. The lowest BCUT2D eigenvalue weighted by Gasteiger charge is -2.20. The lowest BCUT2D eigenvalue weighted by atomic mass is 9.84. The molecule has 1 heterocycles. The van der Waals surface area contributed by atoms with Gasteiger partial charge in [-0.15, -0.1) is 0 Å². The first kappa shape index (κ1) is 14.3. The van der Waals surface area contributed by atoms with Crippen molar-refractivity contribution in [2.24, 2.45) is 5.92 Å². The molecule has 0 saturated carbocycles. The van der Waals surface area contributed by atoms with Gasteiger partial charge >= 0.3 is 0 Å². The van der Waals surface area contributed by atoms with Crippen molar-refractivity contribution in [3.05, 3.63) is 34.9 Å². The van der Waals surface area contributed by atoms with Gasteiger partial charge < -0.3 is 5.32 Å². The molecule has 0 bridgehead atoms. The number of Topliss-reactive ketones (excluding diaryl/α,β-unsaturated/α-hetero) is 1. The van der Waals surface area contributed by atoms with E-state index in [1.165, 1.54) is 5.56 Å². The van der Waals surface area contributed by atoms with Crippen molar-refractivity contribution in [3.8, 4) is 0 Å². The Morgan fingerprint density at radius 3 is 2.63 bits per heavy atom. The number of ketones is 1. The number of rotatable bonds is 3. The van der Waals surface area contributed by atoms with Crippen LogP contribution in [0.4, 0.5) is 0 Å². The third kappa shape index (κ3) is 3.44. The molecule has 1 atom stereocenters. The third-order valence-electron chi connectivity index (χ3n) is 4.03. The summed E-state index contributed by atoms with van der Waals surface area (Å²) in [5.41, 5.74) is 3.45. The molecule has 1 aromatic rings. The average molecular weight is 259 g/mol. The van der Waals surface area contributed by atoms with Crippen molar-refractivity contribution < 1.29 is 4.79 Å². The monoisotopic (exact) mass is 259 g/mol. The van der Waals surface area contributed by atoms with Crippen LogP contribution in [0.3, 0.4) is 0 Å². The fourth-order valence-corrected chi connectivity index (χ4v) is 2.70.